The third-order valence-corrected chi connectivity index (χ3v) is 3.98. The Balaban J connectivity index is 2.26. The Morgan fingerprint density at radius 2 is 2.18 bits per heavy atom. The van der Waals surface area contributed by atoms with Gasteiger partial charge in [0.2, 0.25) is 0 Å². The lowest BCUT2D eigenvalue weighted by atomic mass is 10.1. The predicted octanol–water partition coefficient (Wildman–Crippen LogP) is 3.50. The number of aryl methyl sites for hydroxylation is 1. The number of benzene rings is 1. The van der Waals surface area contributed by atoms with Crippen molar-refractivity contribution < 1.29 is 4.74 Å². The quantitative estimate of drug-likeness (QED) is 0.775. The van der Waals surface area contributed by atoms with Crippen LogP contribution in [0.3, 0.4) is 0 Å². The van der Waals surface area contributed by atoms with Gasteiger partial charge in [-0.2, -0.15) is 0 Å². The molecule has 0 amide bonds. The molecule has 17 heavy (non-hydrogen) atoms. The van der Waals surface area contributed by atoms with Crippen molar-refractivity contribution in [2.45, 2.75) is 38.2 Å². The van der Waals surface area contributed by atoms with Gasteiger partial charge in [0.1, 0.15) is 0 Å². The Morgan fingerprint density at radius 1 is 1.41 bits per heavy atom. The van der Waals surface area contributed by atoms with Crippen LogP contribution in [-0.4, -0.2) is 25.3 Å². The van der Waals surface area contributed by atoms with E-state index in [4.69, 9.17) is 4.74 Å². The summed E-state index contributed by atoms with van der Waals surface area (Å²) in [6, 6.07) is 7.15. The van der Waals surface area contributed by atoms with Crippen LogP contribution in [0.2, 0.25) is 0 Å². The fourth-order valence-electron chi connectivity index (χ4n) is 2.36. The minimum atomic E-state index is 0.321. The van der Waals surface area contributed by atoms with Crippen molar-refractivity contribution in [3.05, 3.63) is 29.3 Å². The summed E-state index contributed by atoms with van der Waals surface area (Å²) in [5.41, 5.74) is 4.03. The van der Waals surface area contributed by atoms with E-state index in [0.29, 0.717) is 12.1 Å². The van der Waals surface area contributed by atoms with Crippen LogP contribution < -0.4 is 4.90 Å². The highest BCUT2D eigenvalue weighted by atomic mass is 79.9. The molecule has 2 atom stereocenters. The van der Waals surface area contributed by atoms with Crippen LogP contribution in [0.25, 0.3) is 0 Å². The minimum Gasteiger partial charge on any atom is -0.375 e. The van der Waals surface area contributed by atoms with Gasteiger partial charge in [-0.1, -0.05) is 28.1 Å². The van der Waals surface area contributed by atoms with Gasteiger partial charge in [0, 0.05) is 23.6 Å². The second-order valence-corrected chi connectivity index (χ2v) is 5.46. The molecule has 1 aromatic carbocycles. The zero-order valence-corrected chi connectivity index (χ0v) is 12.3. The number of hydrogen-bond acceptors (Lipinski definition) is 2. The zero-order valence-electron chi connectivity index (χ0n) is 10.7. The Hall–Kier alpha value is -0.540. The largest absolute Gasteiger partial charge is 0.375 e. The molecule has 0 radical (unpaired) electrons. The third kappa shape index (κ3) is 2.83. The van der Waals surface area contributed by atoms with Crippen molar-refractivity contribution in [1.82, 2.24) is 0 Å². The van der Waals surface area contributed by atoms with Crippen molar-refractivity contribution in [2.24, 2.45) is 0 Å². The van der Waals surface area contributed by atoms with E-state index in [2.05, 4.69) is 59.8 Å². The maximum atomic E-state index is 5.68. The lowest BCUT2D eigenvalue weighted by Gasteiger charge is -2.39. The summed E-state index contributed by atoms with van der Waals surface area (Å²) >= 11 is 3.50. The fourth-order valence-corrected chi connectivity index (χ4v) is 2.71. The summed E-state index contributed by atoms with van der Waals surface area (Å²) in [5, 5.41) is 0.920. The molecular formula is C14H20BrNO. The molecule has 94 valence electrons. The number of rotatable bonds is 2. The topological polar surface area (TPSA) is 12.5 Å². The molecule has 2 rings (SSSR count). The molecule has 1 heterocycles. The molecule has 0 aliphatic carbocycles. The van der Waals surface area contributed by atoms with Gasteiger partial charge in [-0.05, 0) is 38.0 Å². The summed E-state index contributed by atoms with van der Waals surface area (Å²) in [5.74, 6) is 0. The smallest absolute Gasteiger partial charge is 0.0723 e. The first-order valence-corrected chi connectivity index (χ1v) is 7.27. The number of alkyl halides is 1. The first-order chi connectivity index (χ1) is 8.11. The van der Waals surface area contributed by atoms with Gasteiger partial charge in [0.25, 0.3) is 0 Å². The van der Waals surface area contributed by atoms with Crippen molar-refractivity contribution in [1.29, 1.82) is 0 Å². The van der Waals surface area contributed by atoms with Crippen molar-refractivity contribution >= 4 is 21.6 Å². The standard InChI is InChI=1S/C14H20BrNO/c1-10-6-13(7-15)4-5-14(10)16-8-12(3)17-9-11(16)2/h4-6,11-12H,7-9H2,1-3H3. The average Bonchev–Trinajstić information content (AvgIpc) is 2.32. The SMILES string of the molecule is Cc1cc(CBr)ccc1N1CC(C)OCC1C. The van der Waals surface area contributed by atoms with Crippen LogP contribution in [0.15, 0.2) is 18.2 Å². The van der Waals surface area contributed by atoms with Crippen LogP contribution in [-0.2, 0) is 10.1 Å². The van der Waals surface area contributed by atoms with E-state index in [0.717, 1.165) is 18.5 Å². The zero-order chi connectivity index (χ0) is 12.4. The molecule has 1 fully saturated rings. The van der Waals surface area contributed by atoms with Crippen LogP contribution in [0.4, 0.5) is 5.69 Å². The van der Waals surface area contributed by atoms with E-state index < -0.39 is 0 Å². The molecule has 1 aliphatic rings. The maximum absolute atomic E-state index is 5.68. The third-order valence-electron chi connectivity index (χ3n) is 3.33. The number of nitrogens with zero attached hydrogens (tertiary/aromatic N) is 1. The highest BCUT2D eigenvalue weighted by Crippen LogP contribution is 2.26. The van der Waals surface area contributed by atoms with E-state index >= 15 is 0 Å². The Morgan fingerprint density at radius 3 is 2.82 bits per heavy atom. The number of morpholine rings is 1. The van der Waals surface area contributed by atoms with Crippen LogP contribution in [0, 0.1) is 6.92 Å². The van der Waals surface area contributed by atoms with Gasteiger partial charge in [-0.3, -0.25) is 0 Å². The van der Waals surface area contributed by atoms with E-state index in [1.54, 1.807) is 0 Å². The van der Waals surface area contributed by atoms with Crippen molar-refractivity contribution in [3.8, 4) is 0 Å². The molecule has 0 spiro atoms. The second-order valence-electron chi connectivity index (χ2n) is 4.90. The van der Waals surface area contributed by atoms with E-state index in [9.17, 15) is 0 Å². The summed E-state index contributed by atoms with van der Waals surface area (Å²) in [4.78, 5) is 2.46. The summed E-state index contributed by atoms with van der Waals surface area (Å²) < 4.78 is 5.68. The molecule has 1 saturated heterocycles. The minimum absolute atomic E-state index is 0.321. The van der Waals surface area contributed by atoms with E-state index in [-0.39, 0.29) is 0 Å². The van der Waals surface area contributed by atoms with Gasteiger partial charge in [-0.15, -0.1) is 0 Å². The lowest BCUT2D eigenvalue weighted by Crippen LogP contribution is -2.47. The molecule has 1 aliphatic heterocycles. The molecular weight excluding hydrogens is 278 g/mol. The summed E-state index contributed by atoms with van der Waals surface area (Å²) in [7, 11) is 0. The monoisotopic (exact) mass is 297 g/mol. The van der Waals surface area contributed by atoms with Gasteiger partial charge in [0.15, 0.2) is 0 Å². The van der Waals surface area contributed by atoms with Crippen molar-refractivity contribution in [3.63, 3.8) is 0 Å². The molecule has 0 aromatic heterocycles. The second kappa shape index (κ2) is 5.40. The lowest BCUT2D eigenvalue weighted by molar-refractivity contribution is 0.0343. The highest BCUT2D eigenvalue weighted by Gasteiger charge is 2.24. The Labute approximate surface area is 112 Å². The maximum Gasteiger partial charge on any atom is 0.0723 e. The van der Waals surface area contributed by atoms with E-state index in [1.807, 2.05) is 0 Å². The highest BCUT2D eigenvalue weighted by molar-refractivity contribution is 9.08. The van der Waals surface area contributed by atoms with Gasteiger partial charge >= 0.3 is 0 Å². The van der Waals surface area contributed by atoms with Crippen LogP contribution >= 0.6 is 15.9 Å². The van der Waals surface area contributed by atoms with Gasteiger partial charge in [-0.25, -0.2) is 0 Å². The predicted molar refractivity (Wildman–Crippen MR) is 76.0 cm³/mol. The molecule has 2 nitrogen and oxygen atoms in total. The first kappa shape index (κ1) is 12.9. The van der Waals surface area contributed by atoms with Crippen LogP contribution in [0.5, 0.6) is 0 Å². The molecule has 2 unspecified atom stereocenters. The molecule has 0 N–H and O–H groups in total. The molecule has 0 bridgehead atoms. The van der Waals surface area contributed by atoms with Crippen LogP contribution in [0.1, 0.15) is 25.0 Å². The fraction of sp³-hybridized carbons (Fsp3) is 0.571. The van der Waals surface area contributed by atoms with Gasteiger partial charge < -0.3 is 9.64 Å². The normalized spacial score (nSPS) is 25.1. The van der Waals surface area contributed by atoms with Crippen molar-refractivity contribution in [2.75, 3.05) is 18.1 Å². The molecule has 0 saturated carbocycles. The first-order valence-electron chi connectivity index (χ1n) is 6.15. The number of hydrogen-bond donors (Lipinski definition) is 0. The average molecular weight is 298 g/mol. The molecule has 3 heteroatoms. The molecule has 1 aromatic rings. The number of halogens is 1. The summed E-state index contributed by atoms with van der Waals surface area (Å²) in [6.45, 7) is 8.36. The van der Waals surface area contributed by atoms with E-state index in [1.165, 1.54) is 16.8 Å². The number of ether oxygens (including phenoxy) is 1. The summed E-state index contributed by atoms with van der Waals surface area (Å²) in [6.07, 6.45) is 0.321. The number of anilines is 1. The van der Waals surface area contributed by atoms with Gasteiger partial charge in [0.05, 0.1) is 12.7 Å². The Bertz CT molecular complexity index is 394. The Kier molecular flexibility index (Phi) is 4.10.